The molecule has 3 amide bonds. The van der Waals surface area contributed by atoms with Gasteiger partial charge in [-0.15, -0.1) is 0 Å². The van der Waals surface area contributed by atoms with Crippen molar-refractivity contribution >= 4 is 29.1 Å². The molecule has 0 atom stereocenters. The highest BCUT2D eigenvalue weighted by Gasteiger charge is 2.31. The molecule has 0 unspecified atom stereocenters. The fraction of sp³-hybridized carbons (Fsp3) is 0.483. The van der Waals surface area contributed by atoms with Gasteiger partial charge in [-0.25, -0.2) is 0 Å². The lowest BCUT2D eigenvalue weighted by molar-refractivity contribution is -0.135. The first kappa shape index (κ1) is 24.3. The van der Waals surface area contributed by atoms with Gasteiger partial charge in [-0.3, -0.25) is 14.4 Å². The fourth-order valence-electron chi connectivity index (χ4n) is 5.66. The predicted molar refractivity (Wildman–Crippen MR) is 141 cm³/mol. The molecule has 36 heavy (non-hydrogen) atoms. The number of anilines is 2. The molecule has 1 N–H and O–H groups in total. The molecule has 0 radical (unpaired) electrons. The summed E-state index contributed by atoms with van der Waals surface area (Å²) in [6.45, 7) is 6.28. The molecule has 7 heteroatoms. The van der Waals surface area contributed by atoms with Crippen LogP contribution in [0.15, 0.2) is 42.5 Å². The van der Waals surface area contributed by atoms with Crippen LogP contribution in [0.4, 0.5) is 11.4 Å². The lowest BCUT2D eigenvalue weighted by Crippen LogP contribution is -2.50. The van der Waals surface area contributed by atoms with Crippen LogP contribution in [0.1, 0.15) is 64.8 Å². The Morgan fingerprint density at radius 1 is 0.778 bits per heavy atom. The van der Waals surface area contributed by atoms with Gasteiger partial charge < -0.3 is 20.0 Å². The predicted octanol–water partition coefficient (Wildman–Crippen LogP) is 4.32. The number of aryl methyl sites for hydroxylation is 1. The quantitative estimate of drug-likeness (QED) is 0.680. The van der Waals surface area contributed by atoms with Gasteiger partial charge in [0.2, 0.25) is 5.91 Å². The summed E-state index contributed by atoms with van der Waals surface area (Å²) < 4.78 is 0. The second-order valence-corrected chi connectivity index (χ2v) is 10.3. The van der Waals surface area contributed by atoms with Gasteiger partial charge in [0, 0.05) is 62.1 Å². The SMILES string of the molecule is Cc1ccc(C(=O)Nc2ccc(N3CCN(C(=O)C4CCCC4)CC3)c(C(=O)N3CCCC3)c2)cc1. The van der Waals surface area contributed by atoms with Crippen molar-refractivity contribution in [3.05, 3.63) is 59.2 Å². The summed E-state index contributed by atoms with van der Waals surface area (Å²) in [5, 5.41) is 2.97. The van der Waals surface area contributed by atoms with E-state index in [4.69, 9.17) is 0 Å². The Hall–Kier alpha value is -3.35. The minimum atomic E-state index is -0.193. The monoisotopic (exact) mass is 488 g/mol. The molecule has 7 nitrogen and oxygen atoms in total. The number of benzene rings is 2. The first-order chi connectivity index (χ1) is 17.5. The summed E-state index contributed by atoms with van der Waals surface area (Å²) in [6.07, 6.45) is 6.39. The molecule has 1 aliphatic carbocycles. The highest BCUT2D eigenvalue weighted by atomic mass is 16.2. The third kappa shape index (κ3) is 5.25. The van der Waals surface area contributed by atoms with Crippen LogP contribution in [0.3, 0.4) is 0 Å². The van der Waals surface area contributed by atoms with Gasteiger partial charge in [0.1, 0.15) is 0 Å². The third-order valence-corrected chi connectivity index (χ3v) is 7.83. The molecule has 0 bridgehead atoms. The van der Waals surface area contributed by atoms with Gasteiger partial charge in [0.25, 0.3) is 11.8 Å². The number of rotatable bonds is 5. The van der Waals surface area contributed by atoms with Crippen molar-refractivity contribution in [2.75, 3.05) is 49.5 Å². The van der Waals surface area contributed by atoms with Crippen molar-refractivity contribution < 1.29 is 14.4 Å². The zero-order valence-corrected chi connectivity index (χ0v) is 21.2. The standard InChI is InChI=1S/C29H36N4O3/c1-21-8-10-22(11-9-21)27(34)30-24-12-13-26(25(20-24)29(36)32-14-4-5-15-32)31-16-18-33(19-17-31)28(35)23-6-2-3-7-23/h8-13,20,23H,2-7,14-19H2,1H3,(H,30,34). The summed E-state index contributed by atoms with van der Waals surface area (Å²) in [6, 6.07) is 13.1. The Bertz CT molecular complexity index is 1110. The van der Waals surface area contributed by atoms with E-state index in [0.717, 1.165) is 62.9 Å². The molecule has 2 aromatic carbocycles. The Morgan fingerprint density at radius 2 is 1.44 bits per heavy atom. The van der Waals surface area contributed by atoms with Crippen LogP contribution in [0, 0.1) is 12.8 Å². The van der Waals surface area contributed by atoms with E-state index in [9.17, 15) is 14.4 Å². The van der Waals surface area contributed by atoms with Gasteiger partial charge >= 0.3 is 0 Å². The molecule has 2 heterocycles. The second-order valence-electron chi connectivity index (χ2n) is 10.3. The number of amides is 3. The zero-order chi connectivity index (χ0) is 25.1. The maximum absolute atomic E-state index is 13.5. The number of nitrogens with one attached hydrogen (secondary N) is 1. The Kier molecular flexibility index (Phi) is 7.25. The van der Waals surface area contributed by atoms with Gasteiger partial charge in [-0.1, -0.05) is 30.5 Å². The average Bonchev–Trinajstić information content (AvgIpc) is 3.63. The van der Waals surface area contributed by atoms with Gasteiger partial charge in [0.15, 0.2) is 0 Å². The second kappa shape index (κ2) is 10.7. The van der Waals surface area contributed by atoms with Crippen molar-refractivity contribution in [1.29, 1.82) is 0 Å². The molecule has 0 aromatic heterocycles. The molecule has 190 valence electrons. The van der Waals surface area contributed by atoms with Crippen molar-refractivity contribution in [3.8, 4) is 0 Å². The topological polar surface area (TPSA) is 73.0 Å². The molecular formula is C29H36N4O3. The minimum Gasteiger partial charge on any atom is -0.367 e. The molecule has 3 aliphatic rings. The first-order valence-electron chi connectivity index (χ1n) is 13.3. The van der Waals surface area contributed by atoms with Crippen molar-refractivity contribution in [1.82, 2.24) is 9.80 Å². The lowest BCUT2D eigenvalue weighted by Gasteiger charge is -2.38. The highest BCUT2D eigenvalue weighted by molar-refractivity contribution is 6.06. The zero-order valence-electron chi connectivity index (χ0n) is 21.2. The largest absolute Gasteiger partial charge is 0.367 e. The van der Waals surface area contributed by atoms with Gasteiger partial charge in [-0.2, -0.15) is 0 Å². The van der Waals surface area contributed by atoms with Crippen LogP contribution in [-0.2, 0) is 4.79 Å². The number of hydrogen-bond donors (Lipinski definition) is 1. The molecule has 2 aliphatic heterocycles. The lowest BCUT2D eigenvalue weighted by atomic mass is 10.1. The molecule has 2 saturated heterocycles. The number of nitrogens with zero attached hydrogens (tertiary/aromatic N) is 3. The van der Waals surface area contributed by atoms with Crippen molar-refractivity contribution in [3.63, 3.8) is 0 Å². The minimum absolute atomic E-state index is 0.0124. The highest BCUT2D eigenvalue weighted by Crippen LogP contribution is 2.30. The van der Waals surface area contributed by atoms with Crippen LogP contribution in [0.25, 0.3) is 0 Å². The van der Waals surface area contributed by atoms with Crippen LogP contribution in [0.2, 0.25) is 0 Å². The smallest absolute Gasteiger partial charge is 0.256 e. The fourth-order valence-corrected chi connectivity index (χ4v) is 5.66. The summed E-state index contributed by atoms with van der Waals surface area (Å²) in [5.41, 5.74) is 3.80. The van der Waals surface area contributed by atoms with Gasteiger partial charge in [0.05, 0.1) is 5.56 Å². The van der Waals surface area contributed by atoms with E-state index >= 15 is 0 Å². The summed E-state index contributed by atoms with van der Waals surface area (Å²) >= 11 is 0. The number of hydrogen-bond acceptors (Lipinski definition) is 4. The van der Waals surface area contributed by atoms with E-state index in [0.29, 0.717) is 48.9 Å². The normalized spacial score (nSPS) is 18.5. The maximum Gasteiger partial charge on any atom is 0.256 e. The summed E-state index contributed by atoms with van der Waals surface area (Å²) in [7, 11) is 0. The third-order valence-electron chi connectivity index (χ3n) is 7.83. The van der Waals surface area contributed by atoms with Crippen molar-refractivity contribution in [2.45, 2.75) is 45.4 Å². The summed E-state index contributed by atoms with van der Waals surface area (Å²) in [5.74, 6) is 0.315. The number of carbonyl (C=O) groups is 3. The van der Waals surface area contributed by atoms with E-state index in [-0.39, 0.29) is 17.7 Å². The van der Waals surface area contributed by atoms with E-state index in [1.54, 1.807) is 0 Å². The molecule has 1 saturated carbocycles. The summed E-state index contributed by atoms with van der Waals surface area (Å²) in [4.78, 5) is 45.3. The number of likely N-dealkylation sites (tertiary alicyclic amines) is 1. The van der Waals surface area contributed by atoms with Crippen molar-refractivity contribution in [2.24, 2.45) is 5.92 Å². The van der Waals surface area contributed by atoms with E-state index in [1.165, 1.54) is 0 Å². The molecule has 0 spiro atoms. The van der Waals surface area contributed by atoms with E-state index in [2.05, 4.69) is 10.2 Å². The molecular weight excluding hydrogens is 452 g/mol. The molecule has 5 rings (SSSR count). The Balaban J connectivity index is 1.34. The maximum atomic E-state index is 13.5. The molecule has 2 aromatic rings. The van der Waals surface area contributed by atoms with Crippen LogP contribution in [-0.4, -0.2) is 66.8 Å². The average molecular weight is 489 g/mol. The van der Waals surface area contributed by atoms with Crippen LogP contribution < -0.4 is 10.2 Å². The van der Waals surface area contributed by atoms with Crippen LogP contribution >= 0.6 is 0 Å². The van der Waals surface area contributed by atoms with E-state index < -0.39 is 0 Å². The molecule has 3 fully saturated rings. The van der Waals surface area contributed by atoms with Gasteiger partial charge in [-0.05, 0) is 62.9 Å². The number of carbonyl (C=O) groups excluding carboxylic acids is 3. The first-order valence-corrected chi connectivity index (χ1v) is 13.3. The van der Waals surface area contributed by atoms with Crippen LogP contribution in [0.5, 0.6) is 0 Å². The Morgan fingerprint density at radius 3 is 2.11 bits per heavy atom. The number of piperazine rings is 1. The Labute approximate surface area is 213 Å². The van der Waals surface area contributed by atoms with E-state index in [1.807, 2.05) is 59.2 Å².